The van der Waals surface area contributed by atoms with Crippen LogP contribution in [0.4, 0.5) is 5.82 Å². The fraction of sp³-hybridized carbons (Fsp3) is 0.429. The molecule has 1 aliphatic heterocycles. The number of hydrogen-bond donors (Lipinski definition) is 2. The monoisotopic (exact) mass is 365 g/mol. The summed E-state index contributed by atoms with van der Waals surface area (Å²) in [6.07, 6.45) is 2.31. The molecule has 1 aromatic carbocycles. The van der Waals surface area contributed by atoms with E-state index >= 15 is 0 Å². The number of nitrogens with zero attached hydrogens (tertiary/aromatic N) is 4. The zero-order chi connectivity index (χ0) is 18.6. The van der Waals surface area contributed by atoms with Crippen LogP contribution in [0.5, 0.6) is 0 Å². The van der Waals surface area contributed by atoms with E-state index in [2.05, 4.69) is 33.5 Å². The number of nitrogens with one attached hydrogen (secondary N) is 1. The first-order valence-electron chi connectivity index (χ1n) is 9.73. The van der Waals surface area contributed by atoms with Crippen LogP contribution in [0.3, 0.4) is 0 Å². The second kappa shape index (κ2) is 8.06. The first kappa shape index (κ1) is 17.9. The quantitative estimate of drug-likeness (QED) is 0.703. The van der Waals surface area contributed by atoms with Gasteiger partial charge in [0.25, 0.3) is 0 Å². The number of aromatic nitrogens is 3. The molecular formula is C21H27N5O. The minimum Gasteiger partial charge on any atom is -0.396 e. The van der Waals surface area contributed by atoms with Gasteiger partial charge in [-0.05, 0) is 32.2 Å². The molecule has 3 aromatic rings. The lowest BCUT2D eigenvalue weighted by Gasteiger charge is -2.31. The summed E-state index contributed by atoms with van der Waals surface area (Å²) in [7, 11) is 0. The highest BCUT2D eigenvalue weighted by Gasteiger charge is 2.18. The molecule has 2 N–H and O–H groups in total. The normalized spacial score (nSPS) is 18.1. The Bertz CT molecular complexity index is 892. The third-order valence-corrected chi connectivity index (χ3v) is 5.21. The van der Waals surface area contributed by atoms with E-state index in [0.29, 0.717) is 12.5 Å². The average molecular weight is 365 g/mol. The van der Waals surface area contributed by atoms with Crippen molar-refractivity contribution in [1.29, 1.82) is 0 Å². The maximum atomic E-state index is 9.41. The van der Waals surface area contributed by atoms with Crippen LogP contribution >= 0.6 is 0 Å². The summed E-state index contributed by atoms with van der Waals surface area (Å²) < 4.78 is 1.88. The van der Waals surface area contributed by atoms with Crippen molar-refractivity contribution in [3.63, 3.8) is 0 Å². The van der Waals surface area contributed by atoms with Crippen molar-refractivity contribution in [1.82, 2.24) is 19.5 Å². The van der Waals surface area contributed by atoms with E-state index in [1.165, 1.54) is 6.42 Å². The Morgan fingerprint density at radius 3 is 2.89 bits per heavy atom. The molecule has 6 heteroatoms. The van der Waals surface area contributed by atoms with Crippen molar-refractivity contribution in [2.45, 2.75) is 19.8 Å². The van der Waals surface area contributed by atoms with Gasteiger partial charge in [-0.2, -0.15) is 9.61 Å². The van der Waals surface area contributed by atoms with Crippen molar-refractivity contribution in [3.05, 3.63) is 48.2 Å². The first-order valence-corrected chi connectivity index (χ1v) is 9.73. The molecule has 4 rings (SSSR count). The Balaban J connectivity index is 1.52. The van der Waals surface area contributed by atoms with Gasteiger partial charge in [0.1, 0.15) is 5.82 Å². The average Bonchev–Trinajstić information content (AvgIpc) is 3.09. The number of benzene rings is 1. The Morgan fingerprint density at radius 1 is 1.22 bits per heavy atom. The molecule has 0 spiro atoms. The Morgan fingerprint density at radius 2 is 2.07 bits per heavy atom. The van der Waals surface area contributed by atoms with Gasteiger partial charge in [0.2, 0.25) is 0 Å². The number of likely N-dealkylation sites (tertiary alicyclic amines) is 1. The molecule has 142 valence electrons. The number of aliphatic hydroxyl groups is 1. The number of aryl methyl sites for hydroxylation is 1. The molecule has 6 nitrogen and oxygen atoms in total. The fourth-order valence-corrected chi connectivity index (χ4v) is 3.82. The summed E-state index contributed by atoms with van der Waals surface area (Å²) >= 11 is 0. The maximum absolute atomic E-state index is 9.41. The summed E-state index contributed by atoms with van der Waals surface area (Å²) in [5.41, 5.74) is 3.86. The van der Waals surface area contributed by atoms with Crippen LogP contribution in [0.25, 0.3) is 16.9 Å². The van der Waals surface area contributed by atoms with Crippen molar-refractivity contribution in [3.8, 4) is 11.3 Å². The minimum atomic E-state index is 0.294. The molecule has 0 bridgehead atoms. The van der Waals surface area contributed by atoms with E-state index < -0.39 is 0 Å². The number of aliphatic hydroxyl groups excluding tert-OH is 1. The summed E-state index contributed by atoms with van der Waals surface area (Å²) in [5, 5.41) is 17.5. The van der Waals surface area contributed by atoms with E-state index in [9.17, 15) is 5.11 Å². The van der Waals surface area contributed by atoms with Crippen molar-refractivity contribution in [2.75, 3.05) is 38.1 Å². The summed E-state index contributed by atoms with van der Waals surface area (Å²) in [6.45, 7) is 6.18. The van der Waals surface area contributed by atoms with E-state index in [1.54, 1.807) is 0 Å². The van der Waals surface area contributed by atoms with Gasteiger partial charge in [-0.3, -0.25) is 0 Å². The van der Waals surface area contributed by atoms with E-state index in [4.69, 9.17) is 4.98 Å². The van der Waals surface area contributed by atoms with Crippen LogP contribution in [-0.2, 0) is 0 Å². The van der Waals surface area contributed by atoms with Crippen molar-refractivity contribution >= 4 is 11.5 Å². The van der Waals surface area contributed by atoms with Gasteiger partial charge in [0.15, 0.2) is 5.65 Å². The van der Waals surface area contributed by atoms with Gasteiger partial charge in [-0.1, -0.05) is 30.3 Å². The lowest BCUT2D eigenvalue weighted by molar-refractivity contribution is 0.123. The SMILES string of the molecule is Cc1cc2nc(-c3ccccc3)cc(NCCN3CCC[C@@H](CO)C3)n2n1. The molecule has 0 saturated carbocycles. The number of anilines is 1. The van der Waals surface area contributed by atoms with Crippen molar-refractivity contribution < 1.29 is 5.11 Å². The van der Waals surface area contributed by atoms with Gasteiger partial charge in [0.05, 0.1) is 11.4 Å². The number of piperidine rings is 1. The van der Waals surface area contributed by atoms with E-state index in [1.807, 2.05) is 35.7 Å². The molecule has 0 unspecified atom stereocenters. The molecule has 0 aliphatic carbocycles. The van der Waals surface area contributed by atoms with Gasteiger partial charge in [0, 0.05) is 43.9 Å². The Hall–Kier alpha value is -2.44. The minimum absolute atomic E-state index is 0.294. The zero-order valence-corrected chi connectivity index (χ0v) is 15.8. The maximum Gasteiger partial charge on any atom is 0.158 e. The molecule has 2 aromatic heterocycles. The number of hydrogen-bond acceptors (Lipinski definition) is 5. The molecule has 1 saturated heterocycles. The van der Waals surface area contributed by atoms with Crippen LogP contribution in [0, 0.1) is 12.8 Å². The van der Waals surface area contributed by atoms with Crippen LogP contribution in [0.15, 0.2) is 42.5 Å². The molecule has 0 radical (unpaired) electrons. The number of fused-ring (bicyclic) bond motifs is 1. The smallest absolute Gasteiger partial charge is 0.158 e. The predicted molar refractivity (Wildman–Crippen MR) is 108 cm³/mol. The molecule has 1 aliphatic rings. The second-order valence-corrected chi connectivity index (χ2v) is 7.37. The van der Waals surface area contributed by atoms with Crippen LogP contribution < -0.4 is 5.32 Å². The standard InChI is InChI=1S/C21H27N5O/c1-16-12-21-23-19(18-7-3-2-4-8-18)13-20(26(21)24-16)22-9-11-25-10-5-6-17(14-25)15-27/h2-4,7-8,12-13,17,22,27H,5-6,9-11,14-15H2,1H3/t17-/m1/s1. The molecular weight excluding hydrogens is 338 g/mol. The zero-order valence-electron chi connectivity index (χ0n) is 15.8. The molecule has 27 heavy (non-hydrogen) atoms. The summed E-state index contributed by atoms with van der Waals surface area (Å²) in [4.78, 5) is 7.20. The molecule has 0 amide bonds. The first-order chi connectivity index (χ1) is 13.2. The predicted octanol–water partition coefficient (Wildman–Crippen LogP) is 2.82. The highest BCUT2D eigenvalue weighted by atomic mass is 16.3. The van der Waals surface area contributed by atoms with Gasteiger partial charge >= 0.3 is 0 Å². The van der Waals surface area contributed by atoms with Gasteiger partial charge < -0.3 is 15.3 Å². The molecule has 1 atom stereocenters. The molecule has 1 fully saturated rings. The second-order valence-electron chi connectivity index (χ2n) is 7.37. The fourth-order valence-electron chi connectivity index (χ4n) is 3.82. The van der Waals surface area contributed by atoms with Crippen molar-refractivity contribution in [2.24, 2.45) is 5.92 Å². The Labute approximate surface area is 159 Å². The summed E-state index contributed by atoms with van der Waals surface area (Å²) in [6, 6.07) is 14.3. The van der Waals surface area contributed by atoms with Gasteiger partial charge in [-0.15, -0.1) is 0 Å². The highest BCUT2D eigenvalue weighted by molar-refractivity contribution is 5.66. The lowest BCUT2D eigenvalue weighted by atomic mass is 9.99. The topological polar surface area (TPSA) is 65.7 Å². The van der Waals surface area contributed by atoms with E-state index in [-0.39, 0.29) is 0 Å². The molecule has 3 heterocycles. The summed E-state index contributed by atoms with van der Waals surface area (Å²) in [5.74, 6) is 1.38. The third-order valence-electron chi connectivity index (χ3n) is 5.21. The van der Waals surface area contributed by atoms with Crippen LogP contribution in [-0.4, -0.2) is 57.4 Å². The van der Waals surface area contributed by atoms with Gasteiger partial charge in [-0.25, -0.2) is 4.98 Å². The largest absolute Gasteiger partial charge is 0.396 e. The lowest BCUT2D eigenvalue weighted by Crippen LogP contribution is -2.39. The third kappa shape index (κ3) is 4.12. The number of rotatable bonds is 6. The van der Waals surface area contributed by atoms with E-state index in [0.717, 1.165) is 61.0 Å². The highest BCUT2D eigenvalue weighted by Crippen LogP contribution is 2.22. The Kier molecular flexibility index (Phi) is 5.36. The van der Waals surface area contributed by atoms with Crippen LogP contribution in [0.2, 0.25) is 0 Å². The van der Waals surface area contributed by atoms with Crippen LogP contribution in [0.1, 0.15) is 18.5 Å².